The predicted octanol–water partition coefficient (Wildman–Crippen LogP) is 4.58. The summed E-state index contributed by atoms with van der Waals surface area (Å²) in [4.78, 5) is 0. The van der Waals surface area contributed by atoms with Crippen LogP contribution in [-0.2, 0) is 0 Å². The molecule has 0 saturated heterocycles. The van der Waals surface area contributed by atoms with Gasteiger partial charge in [0.15, 0.2) is 0 Å². The SMILES string of the molecule is COc1cc(O)c(/C(=N\Nc2ccccc2)c2ccc(C)cc2)c(OC)c1. The first-order valence-electron chi connectivity index (χ1n) is 8.53. The number of rotatable bonds is 6. The molecule has 3 aromatic carbocycles. The number of nitrogens with zero attached hydrogens (tertiary/aromatic N) is 1. The monoisotopic (exact) mass is 362 g/mol. The van der Waals surface area contributed by atoms with Crippen molar-refractivity contribution in [1.29, 1.82) is 0 Å². The first kappa shape index (κ1) is 18.3. The average Bonchev–Trinajstić information content (AvgIpc) is 2.70. The van der Waals surface area contributed by atoms with Crippen molar-refractivity contribution in [3.05, 3.63) is 83.4 Å². The summed E-state index contributed by atoms with van der Waals surface area (Å²) in [7, 11) is 3.09. The molecular formula is C22H22N2O3. The lowest BCUT2D eigenvalue weighted by molar-refractivity contribution is 0.384. The molecule has 27 heavy (non-hydrogen) atoms. The van der Waals surface area contributed by atoms with Gasteiger partial charge in [-0.3, -0.25) is 5.43 Å². The van der Waals surface area contributed by atoms with Crippen LogP contribution in [0, 0.1) is 6.92 Å². The number of methoxy groups -OCH3 is 2. The Balaban J connectivity index is 2.14. The number of aromatic hydroxyl groups is 1. The molecule has 5 nitrogen and oxygen atoms in total. The maximum absolute atomic E-state index is 10.6. The van der Waals surface area contributed by atoms with Crippen LogP contribution in [0.2, 0.25) is 0 Å². The predicted molar refractivity (Wildman–Crippen MR) is 108 cm³/mol. The molecule has 0 aliphatic rings. The molecule has 0 aliphatic heterocycles. The van der Waals surface area contributed by atoms with E-state index in [9.17, 15) is 5.11 Å². The molecule has 3 aromatic rings. The number of hydrogen-bond donors (Lipinski definition) is 2. The Morgan fingerprint density at radius 1 is 0.926 bits per heavy atom. The molecule has 3 rings (SSSR count). The van der Waals surface area contributed by atoms with Crippen LogP contribution in [0.1, 0.15) is 16.7 Å². The van der Waals surface area contributed by atoms with E-state index in [4.69, 9.17) is 9.47 Å². The summed E-state index contributed by atoms with van der Waals surface area (Å²) < 4.78 is 10.7. The molecule has 0 amide bonds. The van der Waals surface area contributed by atoms with Gasteiger partial charge in [0.1, 0.15) is 23.0 Å². The van der Waals surface area contributed by atoms with Gasteiger partial charge in [-0.25, -0.2) is 0 Å². The van der Waals surface area contributed by atoms with Crippen LogP contribution in [0.25, 0.3) is 0 Å². The Bertz CT molecular complexity index is 936. The molecule has 0 aromatic heterocycles. The van der Waals surface area contributed by atoms with E-state index >= 15 is 0 Å². The van der Waals surface area contributed by atoms with E-state index in [2.05, 4.69) is 10.5 Å². The average molecular weight is 362 g/mol. The van der Waals surface area contributed by atoms with Crippen molar-refractivity contribution in [2.75, 3.05) is 19.6 Å². The summed E-state index contributed by atoms with van der Waals surface area (Å²) in [5.41, 5.74) is 6.94. The minimum Gasteiger partial charge on any atom is -0.507 e. The van der Waals surface area contributed by atoms with Crippen LogP contribution in [0.4, 0.5) is 5.69 Å². The van der Waals surface area contributed by atoms with Crippen molar-refractivity contribution < 1.29 is 14.6 Å². The Hall–Kier alpha value is -3.47. The Morgan fingerprint density at radius 3 is 2.26 bits per heavy atom. The number of aryl methyl sites for hydroxylation is 1. The number of phenols is 1. The van der Waals surface area contributed by atoms with Gasteiger partial charge in [-0.2, -0.15) is 5.10 Å². The largest absolute Gasteiger partial charge is 0.507 e. The summed E-state index contributed by atoms with van der Waals surface area (Å²) in [5, 5.41) is 15.2. The van der Waals surface area contributed by atoms with Crippen molar-refractivity contribution in [3.8, 4) is 17.2 Å². The number of hydrazone groups is 1. The smallest absolute Gasteiger partial charge is 0.135 e. The van der Waals surface area contributed by atoms with E-state index < -0.39 is 0 Å². The molecule has 0 radical (unpaired) electrons. The van der Waals surface area contributed by atoms with Crippen LogP contribution >= 0.6 is 0 Å². The third-order valence-electron chi connectivity index (χ3n) is 4.14. The van der Waals surface area contributed by atoms with E-state index in [1.807, 2.05) is 61.5 Å². The van der Waals surface area contributed by atoms with Crippen molar-refractivity contribution in [3.63, 3.8) is 0 Å². The number of ether oxygens (including phenoxy) is 2. The highest BCUT2D eigenvalue weighted by Gasteiger charge is 2.19. The molecule has 0 spiro atoms. The van der Waals surface area contributed by atoms with E-state index in [1.165, 1.54) is 0 Å². The van der Waals surface area contributed by atoms with E-state index in [0.717, 1.165) is 16.8 Å². The third-order valence-corrected chi connectivity index (χ3v) is 4.14. The highest BCUT2D eigenvalue weighted by Crippen LogP contribution is 2.35. The summed E-state index contributed by atoms with van der Waals surface area (Å²) >= 11 is 0. The lowest BCUT2D eigenvalue weighted by Crippen LogP contribution is -2.09. The molecule has 0 saturated carbocycles. The van der Waals surface area contributed by atoms with Gasteiger partial charge in [0.2, 0.25) is 0 Å². The van der Waals surface area contributed by atoms with Gasteiger partial charge in [-0.15, -0.1) is 0 Å². The van der Waals surface area contributed by atoms with Gasteiger partial charge < -0.3 is 14.6 Å². The van der Waals surface area contributed by atoms with Crippen molar-refractivity contribution in [2.45, 2.75) is 6.92 Å². The molecule has 2 N–H and O–H groups in total. The van der Waals surface area contributed by atoms with E-state index in [-0.39, 0.29) is 5.75 Å². The number of nitrogens with one attached hydrogen (secondary N) is 1. The van der Waals surface area contributed by atoms with Crippen molar-refractivity contribution in [2.24, 2.45) is 5.10 Å². The van der Waals surface area contributed by atoms with Gasteiger partial charge >= 0.3 is 0 Å². The molecular weight excluding hydrogens is 340 g/mol. The molecule has 0 aliphatic carbocycles. The van der Waals surface area contributed by atoms with E-state index in [1.54, 1.807) is 26.4 Å². The zero-order valence-electron chi connectivity index (χ0n) is 15.6. The normalized spacial score (nSPS) is 11.1. The molecule has 5 heteroatoms. The van der Waals surface area contributed by atoms with Crippen LogP contribution in [-0.4, -0.2) is 25.0 Å². The quantitative estimate of drug-likeness (QED) is 0.498. The minimum atomic E-state index is 0.0281. The second-order valence-corrected chi connectivity index (χ2v) is 6.03. The lowest BCUT2D eigenvalue weighted by Gasteiger charge is -2.15. The standard InChI is InChI=1S/C22H22N2O3/c1-15-9-11-16(12-10-15)22(24-23-17-7-5-4-6-8-17)21-19(25)13-18(26-2)14-20(21)27-3/h4-14,23,25H,1-3H3/b24-22-. The first-order chi connectivity index (χ1) is 13.1. The second-order valence-electron chi connectivity index (χ2n) is 6.03. The Kier molecular flexibility index (Phi) is 5.61. The highest BCUT2D eigenvalue weighted by atomic mass is 16.5. The summed E-state index contributed by atoms with van der Waals surface area (Å²) in [5.74, 6) is 1.01. The number of phenolic OH excluding ortho intramolecular Hbond substituents is 1. The first-order valence-corrected chi connectivity index (χ1v) is 8.53. The molecule has 0 atom stereocenters. The second kappa shape index (κ2) is 8.27. The summed E-state index contributed by atoms with van der Waals surface area (Å²) in [6.07, 6.45) is 0. The fourth-order valence-electron chi connectivity index (χ4n) is 2.70. The number of anilines is 1. The van der Waals surface area contributed by atoms with Gasteiger partial charge in [0.05, 0.1) is 25.5 Å². The fraction of sp³-hybridized carbons (Fsp3) is 0.136. The van der Waals surface area contributed by atoms with E-state index in [0.29, 0.717) is 22.8 Å². The molecule has 0 unspecified atom stereocenters. The van der Waals surface area contributed by atoms with Gasteiger partial charge in [-0.1, -0.05) is 48.0 Å². The van der Waals surface area contributed by atoms with Crippen molar-refractivity contribution in [1.82, 2.24) is 0 Å². The number of benzene rings is 3. The van der Waals surface area contributed by atoms with Crippen LogP contribution in [0.5, 0.6) is 17.2 Å². The minimum absolute atomic E-state index is 0.0281. The maximum Gasteiger partial charge on any atom is 0.135 e. The van der Waals surface area contributed by atoms with Crippen LogP contribution in [0.3, 0.4) is 0 Å². The fourth-order valence-corrected chi connectivity index (χ4v) is 2.70. The van der Waals surface area contributed by atoms with Gasteiger partial charge in [0, 0.05) is 17.7 Å². The van der Waals surface area contributed by atoms with Crippen molar-refractivity contribution >= 4 is 11.4 Å². The zero-order chi connectivity index (χ0) is 19.2. The Morgan fingerprint density at radius 2 is 1.63 bits per heavy atom. The van der Waals surface area contributed by atoms with Gasteiger partial charge in [0.25, 0.3) is 0 Å². The molecule has 0 fully saturated rings. The topological polar surface area (TPSA) is 63.1 Å². The zero-order valence-corrected chi connectivity index (χ0v) is 15.6. The molecule has 138 valence electrons. The molecule has 0 heterocycles. The maximum atomic E-state index is 10.6. The highest BCUT2D eigenvalue weighted by molar-refractivity contribution is 6.16. The van der Waals surface area contributed by atoms with Crippen LogP contribution < -0.4 is 14.9 Å². The summed E-state index contributed by atoms with van der Waals surface area (Å²) in [6, 6.07) is 20.8. The number of para-hydroxylation sites is 1. The Labute approximate surface area is 158 Å². The summed E-state index contributed by atoms with van der Waals surface area (Å²) in [6.45, 7) is 2.02. The molecule has 0 bridgehead atoms. The van der Waals surface area contributed by atoms with Crippen LogP contribution in [0.15, 0.2) is 71.8 Å². The van der Waals surface area contributed by atoms with Gasteiger partial charge in [-0.05, 0) is 19.1 Å². The number of hydrogen-bond acceptors (Lipinski definition) is 5. The third kappa shape index (κ3) is 4.20. The lowest BCUT2D eigenvalue weighted by atomic mass is 9.99.